The number of β-amino-alcohol motifs (C(OH)–C–C–N with tert-alkyl or cyclic N) is 1. The first-order chi connectivity index (χ1) is 16.9. The van der Waals surface area contributed by atoms with Crippen molar-refractivity contribution in [1.82, 2.24) is 14.4 Å². The number of piperazine rings is 1. The Balaban J connectivity index is 1.65. The van der Waals surface area contributed by atoms with E-state index < -0.39 is 0 Å². The fourth-order valence-electron chi connectivity index (χ4n) is 4.82. The van der Waals surface area contributed by atoms with E-state index in [-0.39, 0.29) is 18.3 Å². The number of anilines is 1. The summed E-state index contributed by atoms with van der Waals surface area (Å²) in [6.07, 6.45) is 0. The predicted octanol–water partition coefficient (Wildman–Crippen LogP) is 3.41. The summed E-state index contributed by atoms with van der Waals surface area (Å²) in [5.41, 5.74) is 5.53. The molecule has 35 heavy (non-hydrogen) atoms. The van der Waals surface area contributed by atoms with Crippen LogP contribution in [-0.2, 0) is 17.8 Å². The van der Waals surface area contributed by atoms with Crippen LogP contribution in [0.1, 0.15) is 27.2 Å². The van der Waals surface area contributed by atoms with Crippen LogP contribution in [0, 0.1) is 19.7 Å². The molecule has 0 atom stereocenters. The van der Waals surface area contributed by atoms with Gasteiger partial charge in [-0.2, -0.15) is 0 Å². The molecule has 4 rings (SSSR count). The zero-order valence-electron chi connectivity index (χ0n) is 20.8. The maximum atomic E-state index is 13.6. The minimum absolute atomic E-state index is 0.0128. The van der Waals surface area contributed by atoms with E-state index in [1.54, 1.807) is 13.2 Å². The highest BCUT2D eigenvalue weighted by Gasteiger charge is 2.23. The summed E-state index contributed by atoms with van der Waals surface area (Å²) in [5, 5.41) is 13.7. The standard InChI is InChI=1S/C27H35FN4O3/c1-19-14-24(28)5-4-21(19)18-29-25-17-23(27(34)31-8-6-30(7-9-31)10-12-33)16-22-15-20(2)32(26(22)25)11-13-35-3/h4-5,14-17,29,33H,6-13,18H2,1-3H3. The molecule has 8 heteroatoms. The van der Waals surface area contributed by atoms with Gasteiger partial charge in [0.1, 0.15) is 5.82 Å². The maximum Gasteiger partial charge on any atom is 0.254 e. The lowest BCUT2D eigenvalue weighted by Gasteiger charge is -2.34. The minimum atomic E-state index is -0.246. The van der Waals surface area contributed by atoms with Crippen LogP contribution in [0.4, 0.5) is 10.1 Å². The van der Waals surface area contributed by atoms with E-state index in [4.69, 9.17) is 4.74 Å². The number of hydrogen-bond acceptors (Lipinski definition) is 5. The van der Waals surface area contributed by atoms with E-state index >= 15 is 0 Å². The number of nitrogens with one attached hydrogen (secondary N) is 1. The van der Waals surface area contributed by atoms with Crippen molar-refractivity contribution in [2.45, 2.75) is 26.9 Å². The van der Waals surface area contributed by atoms with Crippen LogP contribution in [0.5, 0.6) is 0 Å². The molecule has 0 unspecified atom stereocenters. The highest BCUT2D eigenvalue weighted by atomic mass is 19.1. The maximum absolute atomic E-state index is 13.6. The van der Waals surface area contributed by atoms with Crippen molar-refractivity contribution < 1.29 is 19.0 Å². The van der Waals surface area contributed by atoms with Crippen LogP contribution in [0.15, 0.2) is 36.4 Å². The number of methoxy groups -OCH3 is 1. The second-order valence-corrected chi connectivity index (χ2v) is 9.17. The first kappa shape index (κ1) is 25.2. The first-order valence-electron chi connectivity index (χ1n) is 12.2. The molecule has 2 aromatic carbocycles. The van der Waals surface area contributed by atoms with E-state index in [0.29, 0.717) is 44.9 Å². The Kier molecular flexibility index (Phi) is 8.05. The van der Waals surface area contributed by atoms with Gasteiger partial charge in [0.25, 0.3) is 5.91 Å². The number of aliphatic hydroxyl groups excluding tert-OH is 1. The fraction of sp³-hybridized carbons (Fsp3) is 0.444. The Morgan fingerprint density at radius 2 is 1.86 bits per heavy atom. The van der Waals surface area contributed by atoms with Gasteiger partial charge in [-0.05, 0) is 55.3 Å². The lowest BCUT2D eigenvalue weighted by Crippen LogP contribution is -2.49. The van der Waals surface area contributed by atoms with Gasteiger partial charge < -0.3 is 24.6 Å². The molecule has 0 saturated carbocycles. The van der Waals surface area contributed by atoms with Gasteiger partial charge in [0.15, 0.2) is 0 Å². The van der Waals surface area contributed by atoms with Crippen LogP contribution in [0.25, 0.3) is 10.9 Å². The van der Waals surface area contributed by atoms with Gasteiger partial charge in [-0.1, -0.05) is 6.07 Å². The number of aromatic nitrogens is 1. The number of nitrogens with zero attached hydrogens (tertiary/aromatic N) is 3. The highest BCUT2D eigenvalue weighted by Crippen LogP contribution is 2.30. The van der Waals surface area contributed by atoms with Crippen molar-refractivity contribution in [2.24, 2.45) is 0 Å². The molecule has 1 aromatic heterocycles. The largest absolute Gasteiger partial charge is 0.395 e. The number of ether oxygens (including phenoxy) is 1. The molecule has 188 valence electrons. The van der Waals surface area contributed by atoms with Gasteiger partial charge in [0.2, 0.25) is 0 Å². The van der Waals surface area contributed by atoms with Gasteiger partial charge in [-0.25, -0.2) is 4.39 Å². The normalized spacial score (nSPS) is 14.6. The van der Waals surface area contributed by atoms with E-state index in [1.165, 1.54) is 12.1 Å². The van der Waals surface area contributed by atoms with Crippen molar-refractivity contribution in [3.05, 3.63) is 64.6 Å². The number of aliphatic hydroxyl groups is 1. The summed E-state index contributed by atoms with van der Waals surface area (Å²) in [4.78, 5) is 17.5. The summed E-state index contributed by atoms with van der Waals surface area (Å²) in [7, 11) is 1.69. The van der Waals surface area contributed by atoms with Gasteiger partial charge in [-0.3, -0.25) is 9.69 Å². The number of benzene rings is 2. The second-order valence-electron chi connectivity index (χ2n) is 9.17. The topological polar surface area (TPSA) is 70.0 Å². The first-order valence-corrected chi connectivity index (χ1v) is 12.2. The van der Waals surface area contributed by atoms with Crippen LogP contribution >= 0.6 is 0 Å². The summed E-state index contributed by atoms with van der Waals surface area (Å²) in [6.45, 7) is 9.34. The molecular weight excluding hydrogens is 447 g/mol. The van der Waals surface area contributed by atoms with Crippen LogP contribution in [0.3, 0.4) is 0 Å². The molecule has 0 aliphatic carbocycles. The summed E-state index contributed by atoms with van der Waals surface area (Å²) < 4.78 is 21.1. The number of fused-ring (bicyclic) bond motifs is 1. The lowest BCUT2D eigenvalue weighted by molar-refractivity contribution is 0.0615. The summed E-state index contributed by atoms with van der Waals surface area (Å²) in [5.74, 6) is -0.233. The van der Waals surface area contributed by atoms with Crippen LogP contribution < -0.4 is 5.32 Å². The molecule has 1 amide bonds. The Bertz CT molecular complexity index is 1180. The van der Waals surface area contributed by atoms with Crippen molar-refractivity contribution in [3.8, 4) is 0 Å². The van der Waals surface area contributed by atoms with E-state index in [1.807, 2.05) is 24.0 Å². The Morgan fingerprint density at radius 3 is 2.54 bits per heavy atom. The van der Waals surface area contributed by atoms with Crippen LogP contribution in [0.2, 0.25) is 0 Å². The van der Waals surface area contributed by atoms with Gasteiger partial charge in [0, 0.05) is 69.6 Å². The highest BCUT2D eigenvalue weighted by molar-refractivity contribution is 6.03. The summed E-state index contributed by atoms with van der Waals surface area (Å²) in [6, 6.07) is 10.8. The third kappa shape index (κ3) is 5.66. The fourth-order valence-corrected chi connectivity index (χ4v) is 4.82. The van der Waals surface area contributed by atoms with Crippen molar-refractivity contribution >= 4 is 22.5 Å². The molecule has 7 nitrogen and oxygen atoms in total. The molecule has 1 aliphatic rings. The zero-order valence-corrected chi connectivity index (χ0v) is 20.8. The number of halogens is 1. The van der Waals surface area contributed by atoms with E-state index in [9.17, 15) is 14.3 Å². The zero-order chi connectivity index (χ0) is 24.9. The Morgan fingerprint density at radius 1 is 1.09 bits per heavy atom. The van der Waals surface area contributed by atoms with Crippen molar-refractivity contribution in [3.63, 3.8) is 0 Å². The molecule has 2 N–H and O–H groups in total. The third-order valence-electron chi connectivity index (χ3n) is 6.82. The molecule has 1 fully saturated rings. The smallest absolute Gasteiger partial charge is 0.254 e. The number of rotatable bonds is 9. The average Bonchev–Trinajstić information content (AvgIpc) is 3.17. The molecule has 1 saturated heterocycles. The van der Waals surface area contributed by atoms with Gasteiger partial charge >= 0.3 is 0 Å². The molecule has 0 spiro atoms. The average molecular weight is 483 g/mol. The predicted molar refractivity (Wildman–Crippen MR) is 136 cm³/mol. The van der Waals surface area contributed by atoms with Crippen molar-refractivity contribution in [2.75, 3.05) is 58.4 Å². The third-order valence-corrected chi connectivity index (χ3v) is 6.82. The number of carbonyl (C=O) groups is 1. The molecule has 2 heterocycles. The molecule has 3 aromatic rings. The number of hydrogen-bond donors (Lipinski definition) is 2. The number of aryl methyl sites for hydroxylation is 2. The second kappa shape index (κ2) is 11.2. The monoisotopic (exact) mass is 482 g/mol. The quantitative estimate of drug-likeness (QED) is 0.489. The molecule has 0 radical (unpaired) electrons. The van der Waals surface area contributed by atoms with Gasteiger partial charge in [-0.15, -0.1) is 0 Å². The molecule has 1 aliphatic heterocycles. The van der Waals surface area contributed by atoms with E-state index in [2.05, 4.69) is 27.8 Å². The minimum Gasteiger partial charge on any atom is -0.395 e. The molecular formula is C27H35FN4O3. The van der Waals surface area contributed by atoms with Crippen LogP contribution in [-0.4, -0.2) is 78.4 Å². The number of carbonyl (C=O) groups excluding carboxylic acids is 1. The van der Waals surface area contributed by atoms with Gasteiger partial charge in [0.05, 0.1) is 24.4 Å². The summed E-state index contributed by atoms with van der Waals surface area (Å²) >= 11 is 0. The molecule has 0 bridgehead atoms. The van der Waals surface area contributed by atoms with Crippen molar-refractivity contribution in [1.29, 1.82) is 0 Å². The SMILES string of the molecule is COCCn1c(C)cc2cc(C(=O)N3CCN(CCO)CC3)cc(NCc3ccc(F)cc3C)c21. The van der Waals surface area contributed by atoms with E-state index in [0.717, 1.165) is 46.5 Å². The Labute approximate surface area is 206 Å². The number of amides is 1. The Hall–Kier alpha value is -2.94. The lowest BCUT2D eigenvalue weighted by atomic mass is 10.1.